The van der Waals surface area contributed by atoms with Crippen LogP contribution in [-0.4, -0.2) is 62.6 Å². The molecule has 0 aromatic rings. The van der Waals surface area contributed by atoms with Gasteiger partial charge in [0.15, 0.2) is 0 Å². The lowest BCUT2D eigenvalue weighted by Gasteiger charge is -2.37. The van der Waals surface area contributed by atoms with Gasteiger partial charge in [-0.3, -0.25) is 4.79 Å². The number of nitrogens with one attached hydrogen (secondary N) is 1. The highest BCUT2D eigenvalue weighted by molar-refractivity contribution is 7.90. The number of ether oxygens (including phenoxy) is 1. The van der Waals surface area contributed by atoms with Crippen LogP contribution >= 0.6 is 0 Å². The van der Waals surface area contributed by atoms with Crippen LogP contribution in [0.25, 0.3) is 0 Å². The molecule has 6 fully saturated rings. The SMILES string of the molecule is C=C(C)C(=O)N1[C@@H]2CC3CC[C@]2(CS1(=O)=O)C3(C)C.C=C(C)C(=O)OC(=O)C(=C)C.CC1(C)C2CC[C@]13CS(=O)(=O)N[C@@H]3C2. The second kappa shape index (κ2) is 10.9. The van der Waals surface area contributed by atoms with E-state index >= 15 is 0 Å². The molecular formula is C32H48N2O8S2. The fraction of sp³-hybridized carbons (Fsp3) is 0.719. The fourth-order valence-corrected chi connectivity index (χ4v) is 14.0. The van der Waals surface area contributed by atoms with Crippen LogP contribution < -0.4 is 4.72 Å². The maximum Gasteiger partial charge on any atom is 0.340 e. The van der Waals surface area contributed by atoms with Crippen molar-refractivity contribution in [1.29, 1.82) is 0 Å². The predicted molar refractivity (Wildman–Crippen MR) is 168 cm³/mol. The minimum atomic E-state index is -3.48. The Labute approximate surface area is 262 Å². The third-order valence-corrected chi connectivity index (χ3v) is 15.5. The minimum Gasteiger partial charge on any atom is -0.386 e. The van der Waals surface area contributed by atoms with Gasteiger partial charge in [-0.25, -0.2) is 35.5 Å². The lowest BCUT2D eigenvalue weighted by atomic mass is 9.69. The molecule has 6 aliphatic rings. The number of amides is 1. The van der Waals surface area contributed by atoms with Crippen LogP contribution in [0.1, 0.15) is 87.0 Å². The summed E-state index contributed by atoms with van der Waals surface area (Å²) in [5, 5.41) is 0. The van der Waals surface area contributed by atoms with Gasteiger partial charge in [0.1, 0.15) is 0 Å². The van der Waals surface area contributed by atoms with Crippen LogP contribution in [0.15, 0.2) is 36.5 Å². The highest BCUT2D eigenvalue weighted by atomic mass is 32.2. The van der Waals surface area contributed by atoms with Gasteiger partial charge in [-0.1, -0.05) is 47.4 Å². The second-order valence-corrected chi connectivity index (χ2v) is 18.6. The zero-order valence-corrected chi connectivity index (χ0v) is 28.8. The molecule has 0 radical (unpaired) electrons. The second-order valence-electron chi connectivity index (χ2n) is 15.0. The first kappa shape index (κ1) is 34.6. The standard InChI is InChI=1S/C14H21NO3S.C10H17NO2S.C8H10O3/c1-9(2)12(16)15-11-7-10-5-6-14(11,13(10,3)4)8-19(15,17)18;1-9(2)7-3-4-10(9)6-14(12,13)11-8(10)5-7;1-5(2)7(9)11-8(10)6(3)4/h10-11H,1,5-8H2,2-4H3;7-8,11H,3-6H2,1-2H3;1,3H2,2,4H3/t10?,11-,14-;7?,8-,10-;/m11./s1. The van der Waals surface area contributed by atoms with Gasteiger partial charge in [-0.05, 0) is 82.0 Å². The fourth-order valence-electron chi connectivity index (χ4n) is 9.19. The van der Waals surface area contributed by atoms with Crippen molar-refractivity contribution in [2.24, 2.45) is 33.5 Å². The first-order valence-corrected chi connectivity index (χ1v) is 18.5. The van der Waals surface area contributed by atoms with Crippen LogP contribution in [0.3, 0.4) is 0 Å². The quantitative estimate of drug-likeness (QED) is 0.271. The van der Waals surface area contributed by atoms with E-state index in [9.17, 15) is 31.2 Å². The van der Waals surface area contributed by atoms with Crippen molar-refractivity contribution >= 4 is 37.9 Å². The summed E-state index contributed by atoms with van der Waals surface area (Å²) in [4.78, 5) is 33.6. The number of carbonyl (C=O) groups excluding carboxylic acids is 3. The summed E-state index contributed by atoms with van der Waals surface area (Å²) in [7, 11) is -6.45. The smallest absolute Gasteiger partial charge is 0.340 e. The summed E-state index contributed by atoms with van der Waals surface area (Å²) in [6, 6.07) is 0.0942. The molecule has 12 heteroatoms. The summed E-state index contributed by atoms with van der Waals surface area (Å²) in [5.41, 5.74) is 0.738. The molecule has 0 aromatic carbocycles. The molecule has 10 nitrogen and oxygen atoms in total. The summed E-state index contributed by atoms with van der Waals surface area (Å²) in [5.74, 6) is -0.0633. The van der Waals surface area contributed by atoms with Crippen LogP contribution in [0.5, 0.6) is 0 Å². The van der Waals surface area contributed by atoms with E-state index in [0.717, 1.165) is 42.3 Å². The van der Waals surface area contributed by atoms with Crippen molar-refractivity contribution in [3.63, 3.8) is 0 Å². The molecule has 2 spiro atoms. The molecule has 4 aliphatic carbocycles. The Bertz CT molecular complexity index is 1520. The van der Waals surface area contributed by atoms with Crippen molar-refractivity contribution in [2.75, 3.05) is 11.5 Å². The number of nitrogens with zero attached hydrogens (tertiary/aromatic N) is 1. The van der Waals surface area contributed by atoms with E-state index < -0.39 is 37.9 Å². The van der Waals surface area contributed by atoms with Gasteiger partial charge >= 0.3 is 11.9 Å². The third kappa shape index (κ3) is 5.22. The first-order chi connectivity index (χ1) is 20.0. The van der Waals surface area contributed by atoms with Crippen LogP contribution in [0.4, 0.5) is 0 Å². The van der Waals surface area contributed by atoms with Crippen LogP contribution in [0, 0.1) is 33.5 Å². The maximum absolute atomic E-state index is 12.5. The number of esters is 2. The molecule has 246 valence electrons. The summed E-state index contributed by atoms with van der Waals surface area (Å²) >= 11 is 0. The number of hydrogen-bond acceptors (Lipinski definition) is 8. The molecule has 0 aromatic heterocycles. The maximum atomic E-state index is 12.5. The summed E-state index contributed by atoms with van der Waals surface area (Å²) < 4.78 is 56.4. The van der Waals surface area contributed by atoms with E-state index in [0.29, 0.717) is 17.2 Å². The van der Waals surface area contributed by atoms with E-state index in [1.807, 2.05) is 0 Å². The van der Waals surface area contributed by atoms with Crippen molar-refractivity contribution in [3.8, 4) is 0 Å². The van der Waals surface area contributed by atoms with Gasteiger partial charge in [0.05, 0.1) is 17.5 Å². The Hall–Kier alpha value is -2.31. The van der Waals surface area contributed by atoms with E-state index in [-0.39, 0.29) is 50.6 Å². The Morgan fingerprint density at radius 1 is 0.750 bits per heavy atom. The average Bonchev–Trinajstić information content (AvgIpc) is 3.58. The Balaban J connectivity index is 0.000000158. The molecule has 6 atom stereocenters. The minimum absolute atomic E-state index is 0.00877. The topological polar surface area (TPSA) is 144 Å². The highest BCUT2D eigenvalue weighted by Crippen LogP contribution is 2.70. The van der Waals surface area contributed by atoms with Crippen LogP contribution in [-0.2, 0) is 39.2 Å². The molecule has 1 N–H and O–H groups in total. The van der Waals surface area contributed by atoms with Gasteiger partial charge in [0.2, 0.25) is 20.0 Å². The highest BCUT2D eigenvalue weighted by Gasteiger charge is 2.72. The van der Waals surface area contributed by atoms with Gasteiger partial charge in [-0.15, -0.1) is 0 Å². The van der Waals surface area contributed by atoms with Crippen molar-refractivity contribution in [1.82, 2.24) is 9.03 Å². The zero-order valence-electron chi connectivity index (χ0n) is 27.1. The molecule has 4 bridgehead atoms. The number of fused-ring (bicyclic) bond motifs is 2. The molecule has 2 aliphatic heterocycles. The third-order valence-electron chi connectivity index (χ3n) is 12.1. The van der Waals surface area contributed by atoms with E-state index in [2.05, 4.69) is 56.9 Å². The largest absolute Gasteiger partial charge is 0.386 e. The van der Waals surface area contributed by atoms with Gasteiger partial charge < -0.3 is 4.74 Å². The average molecular weight is 653 g/mol. The van der Waals surface area contributed by atoms with Gasteiger partial charge in [0.25, 0.3) is 5.91 Å². The molecule has 4 saturated carbocycles. The molecule has 2 heterocycles. The van der Waals surface area contributed by atoms with Gasteiger partial charge in [-0.2, -0.15) is 0 Å². The number of rotatable bonds is 3. The monoisotopic (exact) mass is 652 g/mol. The van der Waals surface area contributed by atoms with E-state index in [1.165, 1.54) is 20.3 Å². The number of sulfonamides is 2. The molecule has 2 saturated heterocycles. The van der Waals surface area contributed by atoms with Crippen molar-refractivity contribution in [3.05, 3.63) is 36.5 Å². The molecule has 2 unspecified atom stereocenters. The molecule has 44 heavy (non-hydrogen) atoms. The zero-order chi connectivity index (χ0) is 33.4. The lowest BCUT2D eigenvalue weighted by molar-refractivity contribution is -0.153. The predicted octanol–water partition coefficient (Wildman–Crippen LogP) is 4.25. The Morgan fingerprint density at radius 3 is 1.66 bits per heavy atom. The molecular weight excluding hydrogens is 604 g/mol. The Morgan fingerprint density at radius 2 is 1.23 bits per heavy atom. The van der Waals surface area contributed by atoms with E-state index in [4.69, 9.17) is 0 Å². The summed E-state index contributed by atoms with van der Waals surface area (Å²) in [6.45, 7) is 23.6. The lowest BCUT2D eigenvalue weighted by Crippen LogP contribution is -2.44. The Kier molecular flexibility index (Phi) is 8.56. The van der Waals surface area contributed by atoms with Crippen LogP contribution in [0.2, 0.25) is 0 Å². The molecule has 6 rings (SSSR count). The van der Waals surface area contributed by atoms with Crippen molar-refractivity contribution in [2.45, 2.75) is 99.1 Å². The normalized spacial score (nSPS) is 36.6. The van der Waals surface area contributed by atoms with E-state index in [1.54, 1.807) is 6.92 Å². The first-order valence-electron chi connectivity index (χ1n) is 15.3. The van der Waals surface area contributed by atoms with Crippen molar-refractivity contribution < 1.29 is 36.0 Å². The summed E-state index contributed by atoms with van der Waals surface area (Å²) in [6.07, 6.45) is 6.22. The number of hydrogen-bond donors (Lipinski definition) is 1. The molecule has 1 amide bonds. The number of carbonyl (C=O) groups is 3. The van der Waals surface area contributed by atoms with Gasteiger partial charge in [0, 0.05) is 33.6 Å².